The van der Waals surface area contributed by atoms with E-state index in [1.807, 2.05) is 6.92 Å². The molecule has 0 radical (unpaired) electrons. The van der Waals surface area contributed by atoms with Gasteiger partial charge in [-0.25, -0.2) is 4.79 Å². The molecule has 0 aliphatic carbocycles. The lowest BCUT2D eigenvalue weighted by Crippen LogP contribution is -2.32. The molecule has 6 nitrogen and oxygen atoms in total. The van der Waals surface area contributed by atoms with E-state index in [2.05, 4.69) is 5.32 Å². The average molecular weight is 331 g/mol. The van der Waals surface area contributed by atoms with Crippen molar-refractivity contribution in [3.63, 3.8) is 0 Å². The van der Waals surface area contributed by atoms with E-state index in [0.29, 0.717) is 24.1 Å². The molecule has 1 saturated heterocycles. The fourth-order valence-electron chi connectivity index (χ4n) is 3.03. The average Bonchev–Trinajstić information content (AvgIpc) is 3.05. The summed E-state index contributed by atoms with van der Waals surface area (Å²) >= 11 is 0. The van der Waals surface area contributed by atoms with Crippen molar-refractivity contribution in [2.45, 2.75) is 38.7 Å². The van der Waals surface area contributed by atoms with Crippen LogP contribution in [0.3, 0.4) is 0 Å². The second-order valence-electron chi connectivity index (χ2n) is 6.11. The highest BCUT2D eigenvalue weighted by atomic mass is 16.5. The lowest BCUT2D eigenvalue weighted by Gasteiger charge is -2.11. The molecule has 0 saturated carbocycles. The Morgan fingerprint density at radius 1 is 1.42 bits per heavy atom. The van der Waals surface area contributed by atoms with Crippen molar-refractivity contribution in [2.75, 3.05) is 13.2 Å². The zero-order chi connectivity index (χ0) is 17.1. The summed E-state index contributed by atoms with van der Waals surface area (Å²) in [4.78, 5) is 24.1. The first-order chi connectivity index (χ1) is 11.5. The van der Waals surface area contributed by atoms with Crippen molar-refractivity contribution in [1.82, 2.24) is 5.32 Å². The maximum absolute atomic E-state index is 12.1. The topological polar surface area (TPSA) is 88.8 Å². The normalized spacial score (nSPS) is 17.3. The maximum Gasteiger partial charge on any atom is 0.339 e. The predicted molar refractivity (Wildman–Crippen MR) is 89.2 cm³/mol. The summed E-state index contributed by atoms with van der Waals surface area (Å²) in [5.41, 5.74) is 1.18. The molecule has 1 atom stereocenters. The van der Waals surface area contributed by atoms with Gasteiger partial charge in [-0.05, 0) is 43.9 Å². The van der Waals surface area contributed by atoms with Crippen LogP contribution in [0, 0.1) is 6.92 Å². The van der Waals surface area contributed by atoms with Gasteiger partial charge in [0.2, 0.25) is 5.91 Å². The second-order valence-corrected chi connectivity index (χ2v) is 6.11. The summed E-state index contributed by atoms with van der Waals surface area (Å²) in [6.07, 6.45) is 2.66. The Morgan fingerprint density at radius 2 is 2.25 bits per heavy atom. The van der Waals surface area contributed by atoms with E-state index in [1.165, 1.54) is 6.07 Å². The van der Waals surface area contributed by atoms with Gasteiger partial charge >= 0.3 is 5.63 Å². The van der Waals surface area contributed by atoms with Gasteiger partial charge in [0.1, 0.15) is 11.3 Å². The molecule has 1 fully saturated rings. The zero-order valence-electron chi connectivity index (χ0n) is 13.6. The standard InChI is InChI=1S/C18H21NO5/c1-11-14-5-4-12(20)9-16(14)24-18(22)15(11)6-7-17(21)19-10-13-3-2-8-23-13/h4-5,9,13,20H,2-3,6-8,10H2,1H3,(H,19,21). The van der Waals surface area contributed by atoms with Gasteiger partial charge in [0, 0.05) is 36.6 Å². The highest BCUT2D eigenvalue weighted by Gasteiger charge is 2.17. The summed E-state index contributed by atoms with van der Waals surface area (Å²) in [7, 11) is 0. The number of phenolic OH excluding ortho intramolecular Hbond substituents is 1. The van der Waals surface area contributed by atoms with Gasteiger partial charge < -0.3 is 19.6 Å². The van der Waals surface area contributed by atoms with Crippen LogP contribution in [-0.2, 0) is 16.0 Å². The van der Waals surface area contributed by atoms with E-state index >= 15 is 0 Å². The van der Waals surface area contributed by atoms with Crippen LogP contribution in [0.5, 0.6) is 5.75 Å². The van der Waals surface area contributed by atoms with Crippen LogP contribution < -0.4 is 10.9 Å². The smallest absolute Gasteiger partial charge is 0.339 e. The molecule has 0 bridgehead atoms. The fourth-order valence-corrected chi connectivity index (χ4v) is 3.03. The largest absolute Gasteiger partial charge is 0.508 e. The monoisotopic (exact) mass is 331 g/mol. The number of nitrogens with one attached hydrogen (secondary N) is 1. The Balaban J connectivity index is 1.67. The predicted octanol–water partition coefficient (Wildman–Crippen LogP) is 2.03. The number of fused-ring (bicyclic) bond motifs is 1. The number of aryl methyl sites for hydroxylation is 1. The number of hydrogen-bond donors (Lipinski definition) is 2. The van der Waals surface area contributed by atoms with E-state index < -0.39 is 5.63 Å². The molecular weight excluding hydrogens is 310 g/mol. The molecule has 1 aliphatic rings. The molecule has 1 aromatic heterocycles. The van der Waals surface area contributed by atoms with Crippen LogP contribution in [0.4, 0.5) is 0 Å². The summed E-state index contributed by atoms with van der Waals surface area (Å²) in [5, 5.41) is 13.1. The molecular formula is C18H21NO5. The van der Waals surface area contributed by atoms with Gasteiger partial charge in [0.15, 0.2) is 0 Å². The molecule has 24 heavy (non-hydrogen) atoms. The summed E-state index contributed by atoms with van der Waals surface area (Å²) in [6.45, 7) is 3.10. The minimum absolute atomic E-state index is 0.0475. The van der Waals surface area contributed by atoms with Gasteiger partial charge in [-0.2, -0.15) is 0 Å². The Kier molecular flexibility index (Phi) is 4.85. The molecule has 2 heterocycles. The number of ether oxygens (including phenoxy) is 1. The lowest BCUT2D eigenvalue weighted by atomic mass is 10.0. The van der Waals surface area contributed by atoms with Crippen molar-refractivity contribution < 1.29 is 19.1 Å². The molecule has 2 aromatic rings. The molecule has 2 N–H and O–H groups in total. The molecule has 3 rings (SSSR count). The molecule has 1 unspecified atom stereocenters. The number of phenols is 1. The van der Waals surface area contributed by atoms with Crippen molar-refractivity contribution in [2.24, 2.45) is 0 Å². The highest BCUT2D eigenvalue weighted by Crippen LogP contribution is 2.23. The summed E-state index contributed by atoms with van der Waals surface area (Å²) in [6, 6.07) is 4.68. The van der Waals surface area contributed by atoms with Crippen molar-refractivity contribution in [3.05, 3.63) is 39.7 Å². The molecule has 0 spiro atoms. The number of rotatable bonds is 5. The lowest BCUT2D eigenvalue weighted by molar-refractivity contribution is -0.121. The number of amides is 1. The molecule has 1 aliphatic heterocycles. The first-order valence-corrected chi connectivity index (χ1v) is 8.18. The maximum atomic E-state index is 12.1. The van der Waals surface area contributed by atoms with E-state index in [0.717, 1.165) is 30.4 Å². The number of benzene rings is 1. The van der Waals surface area contributed by atoms with Gasteiger partial charge in [0.25, 0.3) is 0 Å². The Morgan fingerprint density at radius 3 is 3.00 bits per heavy atom. The van der Waals surface area contributed by atoms with Crippen LogP contribution in [0.1, 0.15) is 30.4 Å². The van der Waals surface area contributed by atoms with Crippen LogP contribution >= 0.6 is 0 Å². The fraction of sp³-hybridized carbons (Fsp3) is 0.444. The summed E-state index contributed by atoms with van der Waals surface area (Å²) in [5.74, 6) is -0.0542. The molecule has 1 amide bonds. The first kappa shape index (κ1) is 16.5. The number of hydrogen-bond acceptors (Lipinski definition) is 5. The third kappa shape index (κ3) is 3.59. The van der Waals surface area contributed by atoms with Gasteiger partial charge in [-0.15, -0.1) is 0 Å². The van der Waals surface area contributed by atoms with Crippen molar-refractivity contribution >= 4 is 16.9 Å². The van der Waals surface area contributed by atoms with Gasteiger partial charge in [-0.1, -0.05) is 0 Å². The van der Waals surface area contributed by atoms with Gasteiger partial charge in [-0.3, -0.25) is 4.79 Å². The zero-order valence-corrected chi connectivity index (χ0v) is 13.6. The third-order valence-corrected chi connectivity index (χ3v) is 4.42. The van der Waals surface area contributed by atoms with E-state index in [1.54, 1.807) is 12.1 Å². The number of carbonyl (C=O) groups is 1. The second kappa shape index (κ2) is 7.05. The van der Waals surface area contributed by atoms with Crippen LogP contribution in [-0.4, -0.2) is 30.3 Å². The minimum atomic E-state index is -0.461. The van der Waals surface area contributed by atoms with Gasteiger partial charge in [0.05, 0.1) is 6.10 Å². The Hall–Kier alpha value is -2.34. The first-order valence-electron chi connectivity index (χ1n) is 8.18. The van der Waals surface area contributed by atoms with Crippen molar-refractivity contribution in [3.8, 4) is 5.75 Å². The van der Waals surface area contributed by atoms with Crippen LogP contribution in [0.25, 0.3) is 11.0 Å². The number of aromatic hydroxyl groups is 1. The van der Waals surface area contributed by atoms with E-state index in [-0.39, 0.29) is 24.2 Å². The molecule has 128 valence electrons. The third-order valence-electron chi connectivity index (χ3n) is 4.42. The van der Waals surface area contributed by atoms with Crippen molar-refractivity contribution in [1.29, 1.82) is 0 Å². The molecule has 1 aromatic carbocycles. The summed E-state index contributed by atoms with van der Waals surface area (Å²) < 4.78 is 10.7. The van der Waals surface area contributed by atoms with Crippen LogP contribution in [0.15, 0.2) is 27.4 Å². The number of carbonyl (C=O) groups excluding carboxylic acids is 1. The van der Waals surface area contributed by atoms with E-state index in [4.69, 9.17) is 9.15 Å². The minimum Gasteiger partial charge on any atom is -0.508 e. The molecule has 6 heteroatoms. The van der Waals surface area contributed by atoms with E-state index in [9.17, 15) is 14.7 Å². The Labute approximate surface area is 139 Å². The quantitative estimate of drug-likeness (QED) is 0.819. The highest BCUT2D eigenvalue weighted by molar-refractivity contribution is 5.82. The Bertz CT molecular complexity index is 805. The SMILES string of the molecule is Cc1c(CCC(=O)NCC2CCCO2)c(=O)oc2cc(O)ccc12. The van der Waals surface area contributed by atoms with Crippen LogP contribution in [0.2, 0.25) is 0 Å².